The average molecular weight is 267 g/mol. The first-order valence-electron chi connectivity index (χ1n) is 7.99. The number of hydrogen-bond donors (Lipinski definition) is 1. The summed E-state index contributed by atoms with van der Waals surface area (Å²) in [4.78, 5) is 13.4. The summed E-state index contributed by atoms with van der Waals surface area (Å²) in [5.74, 6) is 1.88. The zero-order valence-corrected chi connectivity index (χ0v) is 12.5. The average Bonchev–Trinajstić information content (AvgIpc) is 2.35. The van der Waals surface area contributed by atoms with Gasteiger partial charge in [-0.15, -0.1) is 0 Å². The molecule has 3 atom stereocenters. The van der Waals surface area contributed by atoms with Crippen LogP contribution in [0.25, 0.3) is 0 Å². The summed E-state index contributed by atoms with van der Waals surface area (Å²) in [6.45, 7) is 7.73. The Hall–Kier alpha value is -0.570. The van der Waals surface area contributed by atoms with E-state index in [1.807, 2.05) is 0 Å². The molecule has 0 aromatic heterocycles. The normalized spacial score (nSPS) is 37.2. The molecule has 0 aromatic carbocycles. The molecular formula is C16H29NO2. The van der Waals surface area contributed by atoms with Gasteiger partial charge in [-0.25, -0.2) is 0 Å². The predicted molar refractivity (Wildman–Crippen MR) is 77.1 cm³/mol. The smallest absolute Gasteiger partial charge is 0.307 e. The van der Waals surface area contributed by atoms with Gasteiger partial charge in [0, 0.05) is 6.54 Å². The van der Waals surface area contributed by atoms with Crippen LogP contribution in [-0.4, -0.2) is 35.6 Å². The first-order chi connectivity index (χ1) is 9.04. The van der Waals surface area contributed by atoms with Crippen LogP contribution in [0.2, 0.25) is 0 Å². The molecule has 0 bridgehead atoms. The van der Waals surface area contributed by atoms with E-state index in [2.05, 4.69) is 18.7 Å². The van der Waals surface area contributed by atoms with Gasteiger partial charge in [0.25, 0.3) is 0 Å². The van der Waals surface area contributed by atoms with Gasteiger partial charge in [0.2, 0.25) is 0 Å². The van der Waals surface area contributed by atoms with Gasteiger partial charge in [-0.2, -0.15) is 0 Å². The van der Waals surface area contributed by atoms with E-state index in [4.69, 9.17) is 5.11 Å². The fourth-order valence-corrected chi connectivity index (χ4v) is 4.17. The van der Waals surface area contributed by atoms with Crippen LogP contribution in [0.1, 0.15) is 52.4 Å². The maximum absolute atomic E-state index is 11.1. The second kappa shape index (κ2) is 6.74. The monoisotopic (exact) mass is 267 g/mol. The molecule has 110 valence electrons. The molecule has 1 saturated heterocycles. The Labute approximate surface area is 117 Å². The summed E-state index contributed by atoms with van der Waals surface area (Å²) in [6.07, 6.45) is 7.32. The third-order valence-corrected chi connectivity index (χ3v) is 4.98. The molecule has 3 unspecified atom stereocenters. The van der Waals surface area contributed by atoms with Crippen molar-refractivity contribution in [3.8, 4) is 0 Å². The van der Waals surface area contributed by atoms with Crippen LogP contribution in [0.15, 0.2) is 0 Å². The Morgan fingerprint density at radius 3 is 2.53 bits per heavy atom. The highest BCUT2D eigenvalue weighted by atomic mass is 16.4. The largest absolute Gasteiger partial charge is 0.481 e. The van der Waals surface area contributed by atoms with Crippen LogP contribution < -0.4 is 0 Å². The molecule has 0 radical (unpaired) electrons. The van der Waals surface area contributed by atoms with Crippen LogP contribution >= 0.6 is 0 Å². The molecule has 3 nitrogen and oxygen atoms in total. The number of carboxylic acid groups (broad SMARTS) is 1. The van der Waals surface area contributed by atoms with Gasteiger partial charge in [-0.3, -0.25) is 4.79 Å². The molecule has 0 aromatic rings. The van der Waals surface area contributed by atoms with Crippen LogP contribution in [-0.2, 0) is 4.79 Å². The number of likely N-dealkylation sites (tertiary alicyclic amines) is 1. The Kier molecular flexibility index (Phi) is 5.26. The number of carbonyl (C=O) groups is 1. The minimum atomic E-state index is -0.607. The van der Waals surface area contributed by atoms with Crippen LogP contribution in [0.3, 0.4) is 0 Å². The quantitative estimate of drug-likeness (QED) is 0.850. The number of carboxylic acids is 1. The molecule has 0 amide bonds. The molecule has 19 heavy (non-hydrogen) atoms. The molecule has 1 aliphatic heterocycles. The Bertz CT molecular complexity index is 295. The van der Waals surface area contributed by atoms with Gasteiger partial charge in [0.05, 0.1) is 5.92 Å². The van der Waals surface area contributed by atoms with E-state index in [-0.39, 0.29) is 5.92 Å². The van der Waals surface area contributed by atoms with Gasteiger partial charge in [0.1, 0.15) is 0 Å². The number of aliphatic carboxylic acids is 1. The van der Waals surface area contributed by atoms with Crippen LogP contribution in [0.5, 0.6) is 0 Å². The molecule has 1 aliphatic carbocycles. The SMILES string of the molecule is CC1CC(C)CC(CCN2CCCC(C(=O)O)C2)C1. The maximum Gasteiger partial charge on any atom is 0.307 e. The highest BCUT2D eigenvalue weighted by Crippen LogP contribution is 2.34. The van der Waals surface area contributed by atoms with Crippen molar-refractivity contribution in [1.29, 1.82) is 0 Å². The van der Waals surface area contributed by atoms with E-state index in [1.165, 1.54) is 25.7 Å². The molecule has 2 aliphatic rings. The zero-order valence-electron chi connectivity index (χ0n) is 12.5. The number of piperidine rings is 1. The molecule has 2 fully saturated rings. The molecular weight excluding hydrogens is 238 g/mol. The minimum Gasteiger partial charge on any atom is -0.481 e. The molecule has 1 heterocycles. The van der Waals surface area contributed by atoms with E-state index in [9.17, 15) is 4.79 Å². The van der Waals surface area contributed by atoms with Crippen molar-refractivity contribution in [3.05, 3.63) is 0 Å². The van der Waals surface area contributed by atoms with Gasteiger partial charge < -0.3 is 10.0 Å². The molecule has 3 heteroatoms. The lowest BCUT2D eigenvalue weighted by Gasteiger charge is -2.35. The number of nitrogens with zero attached hydrogens (tertiary/aromatic N) is 1. The van der Waals surface area contributed by atoms with E-state index in [0.717, 1.165) is 50.2 Å². The second-order valence-electron chi connectivity index (χ2n) is 7.05. The van der Waals surface area contributed by atoms with Crippen molar-refractivity contribution in [1.82, 2.24) is 4.90 Å². The van der Waals surface area contributed by atoms with E-state index in [1.54, 1.807) is 0 Å². The highest BCUT2D eigenvalue weighted by Gasteiger charge is 2.27. The predicted octanol–water partition coefficient (Wildman–Crippen LogP) is 3.25. The van der Waals surface area contributed by atoms with Crippen LogP contribution in [0.4, 0.5) is 0 Å². The molecule has 2 rings (SSSR count). The Balaban J connectivity index is 1.74. The lowest BCUT2D eigenvalue weighted by Crippen LogP contribution is -2.39. The van der Waals surface area contributed by atoms with Gasteiger partial charge in [-0.1, -0.05) is 13.8 Å². The number of rotatable bonds is 4. The van der Waals surface area contributed by atoms with E-state index in [0.29, 0.717) is 0 Å². The summed E-state index contributed by atoms with van der Waals surface area (Å²) in [5.41, 5.74) is 0. The zero-order chi connectivity index (χ0) is 13.8. The topological polar surface area (TPSA) is 40.5 Å². The van der Waals surface area contributed by atoms with Crippen molar-refractivity contribution in [2.45, 2.75) is 52.4 Å². The molecule has 1 saturated carbocycles. The third kappa shape index (κ3) is 4.48. The van der Waals surface area contributed by atoms with Crippen molar-refractivity contribution in [3.63, 3.8) is 0 Å². The Morgan fingerprint density at radius 2 is 1.89 bits per heavy atom. The summed E-state index contributed by atoms with van der Waals surface area (Å²) in [5, 5.41) is 9.12. The maximum atomic E-state index is 11.1. The third-order valence-electron chi connectivity index (χ3n) is 4.98. The first kappa shape index (κ1) is 14.8. The summed E-state index contributed by atoms with van der Waals surface area (Å²) < 4.78 is 0. The fourth-order valence-electron chi connectivity index (χ4n) is 4.17. The van der Waals surface area contributed by atoms with Gasteiger partial charge >= 0.3 is 5.97 Å². The van der Waals surface area contributed by atoms with Crippen molar-refractivity contribution < 1.29 is 9.90 Å². The summed E-state index contributed by atoms with van der Waals surface area (Å²) >= 11 is 0. The lowest BCUT2D eigenvalue weighted by atomic mass is 9.75. The number of hydrogen-bond acceptors (Lipinski definition) is 2. The minimum absolute atomic E-state index is 0.127. The Morgan fingerprint density at radius 1 is 1.21 bits per heavy atom. The van der Waals surface area contributed by atoms with Crippen LogP contribution in [0, 0.1) is 23.7 Å². The van der Waals surface area contributed by atoms with E-state index >= 15 is 0 Å². The van der Waals surface area contributed by atoms with E-state index < -0.39 is 5.97 Å². The van der Waals surface area contributed by atoms with Crippen molar-refractivity contribution in [2.75, 3.05) is 19.6 Å². The van der Waals surface area contributed by atoms with Gasteiger partial charge in [0.15, 0.2) is 0 Å². The molecule has 0 spiro atoms. The highest BCUT2D eigenvalue weighted by molar-refractivity contribution is 5.70. The second-order valence-corrected chi connectivity index (χ2v) is 7.05. The standard InChI is InChI=1S/C16H29NO2/c1-12-8-13(2)10-14(9-12)5-7-17-6-3-4-15(11-17)16(18)19/h12-15H,3-11H2,1-2H3,(H,18,19). The van der Waals surface area contributed by atoms with Gasteiger partial charge in [-0.05, 0) is 69.4 Å². The van der Waals surface area contributed by atoms with Crippen molar-refractivity contribution in [2.24, 2.45) is 23.7 Å². The summed E-state index contributed by atoms with van der Waals surface area (Å²) in [6, 6.07) is 0. The van der Waals surface area contributed by atoms with Crippen molar-refractivity contribution >= 4 is 5.97 Å². The fraction of sp³-hybridized carbons (Fsp3) is 0.938. The first-order valence-corrected chi connectivity index (χ1v) is 7.99. The summed E-state index contributed by atoms with van der Waals surface area (Å²) in [7, 11) is 0. The lowest BCUT2D eigenvalue weighted by molar-refractivity contribution is -0.143. The molecule has 1 N–H and O–H groups in total.